The summed E-state index contributed by atoms with van der Waals surface area (Å²) in [6.07, 6.45) is 0. The molecule has 0 saturated heterocycles. The van der Waals surface area contributed by atoms with Crippen molar-refractivity contribution in [1.29, 1.82) is 0 Å². The molecule has 2 aromatic rings. The highest BCUT2D eigenvalue weighted by atomic mass is 35.5. The van der Waals surface area contributed by atoms with Gasteiger partial charge in [0.25, 0.3) is 0 Å². The summed E-state index contributed by atoms with van der Waals surface area (Å²) in [6.45, 7) is 6.83. The number of imidazole rings is 1. The van der Waals surface area contributed by atoms with Crippen LogP contribution in [0.3, 0.4) is 0 Å². The molecule has 0 amide bonds. The Hall–Kier alpha value is -1.06. The van der Waals surface area contributed by atoms with E-state index in [2.05, 4.69) is 29.5 Å². The van der Waals surface area contributed by atoms with Crippen LogP contribution < -0.4 is 0 Å². The highest BCUT2D eigenvalue weighted by Gasteiger charge is 2.27. The molecule has 4 heteroatoms. The van der Waals surface area contributed by atoms with Crippen molar-refractivity contribution in [3.8, 4) is 0 Å². The number of aromatic nitrogens is 2. The zero-order valence-electron chi connectivity index (χ0n) is 11.3. The molecule has 0 N–H and O–H groups in total. The van der Waals surface area contributed by atoms with Gasteiger partial charge in [0.1, 0.15) is 5.82 Å². The van der Waals surface area contributed by atoms with Crippen molar-refractivity contribution in [3.63, 3.8) is 0 Å². The summed E-state index contributed by atoms with van der Waals surface area (Å²) < 4.78 is 7.51. The zero-order valence-corrected chi connectivity index (χ0v) is 12.0. The van der Waals surface area contributed by atoms with Gasteiger partial charge in [0.2, 0.25) is 0 Å². The van der Waals surface area contributed by atoms with Gasteiger partial charge in [-0.15, -0.1) is 11.6 Å². The minimum atomic E-state index is -0.177. The molecule has 0 bridgehead atoms. The van der Waals surface area contributed by atoms with E-state index in [1.807, 2.05) is 25.1 Å². The average molecular weight is 267 g/mol. The van der Waals surface area contributed by atoms with Crippen molar-refractivity contribution in [1.82, 2.24) is 9.55 Å². The van der Waals surface area contributed by atoms with E-state index in [0.717, 1.165) is 16.9 Å². The van der Waals surface area contributed by atoms with Crippen LogP contribution in [-0.4, -0.2) is 23.3 Å². The molecule has 1 heterocycles. The van der Waals surface area contributed by atoms with Gasteiger partial charge in [-0.1, -0.05) is 12.1 Å². The lowest BCUT2D eigenvalue weighted by atomic mass is 10.1. The number of methoxy groups -OCH3 is 1. The lowest BCUT2D eigenvalue weighted by molar-refractivity contribution is 0.110. The topological polar surface area (TPSA) is 27.1 Å². The minimum absolute atomic E-state index is 0.131. The second kappa shape index (κ2) is 4.90. The molecule has 1 unspecified atom stereocenters. The summed E-state index contributed by atoms with van der Waals surface area (Å²) in [7, 11) is 1.71. The van der Waals surface area contributed by atoms with Gasteiger partial charge >= 0.3 is 0 Å². The number of nitrogens with zero attached hydrogens (tertiary/aromatic N) is 2. The number of rotatable bonds is 4. The molecule has 0 radical (unpaired) electrons. The highest BCUT2D eigenvalue weighted by molar-refractivity contribution is 6.20. The van der Waals surface area contributed by atoms with Crippen LogP contribution in [0.25, 0.3) is 11.0 Å². The predicted molar refractivity (Wildman–Crippen MR) is 75.2 cm³/mol. The molecule has 3 nitrogen and oxygen atoms in total. The first-order chi connectivity index (χ1) is 8.47. The monoisotopic (exact) mass is 266 g/mol. The third-order valence-corrected chi connectivity index (χ3v) is 3.24. The molecule has 0 aliphatic carbocycles. The summed E-state index contributed by atoms with van der Waals surface area (Å²) in [5.41, 5.74) is 1.90. The molecule has 0 aliphatic rings. The fourth-order valence-corrected chi connectivity index (χ4v) is 2.51. The SMILES string of the molecule is COCC(C)(C)n1c(C(C)Cl)nc2ccccc21. The molecule has 1 aromatic carbocycles. The smallest absolute Gasteiger partial charge is 0.128 e. The lowest BCUT2D eigenvalue weighted by Gasteiger charge is -2.29. The fraction of sp³-hybridized carbons (Fsp3) is 0.500. The van der Waals surface area contributed by atoms with Gasteiger partial charge in [0, 0.05) is 7.11 Å². The van der Waals surface area contributed by atoms with E-state index in [1.165, 1.54) is 0 Å². The second-order valence-corrected chi connectivity index (χ2v) is 5.81. The lowest BCUT2D eigenvalue weighted by Crippen LogP contribution is -2.33. The summed E-state index contributed by atoms with van der Waals surface area (Å²) in [5, 5.41) is -0.131. The summed E-state index contributed by atoms with van der Waals surface area (Å²) in [4.78, 5) is 4.64. The van der Waals surface area contributed by atoms with Crippen molar-refractivity contribution in [2.24, 2.45) is 0 Å². The maximum absolute atomic E-state index is 6.26. The summed E-state index contributed by atoms with van der Waals surface area (Å²) in [6, 6.07) is 8.09. The van der Waals surface area contributed by atoms with Gasteiger partial charge in [0.05, 0.1) is 28.6 Å². The third-order valence-electron chi connectivity index (χ3n) is 3.05. The second-order valence-electron chi connectivity index (χ2n) is 5.16. The first kappa shape index (κ1) is 13.4. The number of halogens is 1. The Kier molecular flexibility index (Phi) is 3.64. The highest BCUT2D eigenvalue weighted by Crippen LogP contribution is 2.30. The Bertz CT molecular complexity index is 546. The molecular weight excluding hydrogens is 248 g/mol. The van der Waals surface area contributed by atoms with Crippen LogP contribution in [0.15, 0.2) is 24.3 Å². The Morgan fingerprint density at radius 1 is 1.39 bits per heavy atom. The number of ether oxygens (including phenoxy) is 1. The molecule has 1 atom stereocenters. The van der Waals surface area contributed by atoms with E-state index in [4.69, 9.17) is 16.3 Å². The van der Waals surface area contributed by atoms with Gasteiger partial charge in [-0.3, -0.25) is 0 Å². The van der Waals surface area contributed by atoms with Gasteiger partial charge in [-0.25, -0.2) is 4.98 Å². The number of hydrogen-bond donors (Lipinski definition) is 0. The van der Waals surface area contributed by atoms with E-state index >= 15 is 0 Å². The maximum Gasteiger partial charge on any atom is 0.128 e. The van der Waals surface area contributed by atoms with Gasteiger partial charge in [-0.2, -0.15) is 0 Å². The van der Waals surface area contributed by atoms with E-state index < -0.39 is 0 Å². The first-order valence-corrected chi connectivity index (χ1v) is 6.52. The predicted octanol–water partition coefficient (Wildman–Crippen LogP) is 3.72. The molecule has 18 heavy (non-hydrogen) atoms. The van der Waals surface area contributed by atoms with Crippen LogP contribution in [0.2, 0.25) is 0 Å². The van der Waals surface area contributed by atoms with Crippen LogP contribution in [0, 0.1) is 0 Å². The molecule has 1 aromatic heterocycles. The molecule has 0 aliphatic heterocycles. The average Bonchev–Trinajstić information content (AvgIpc) is 2.68. The normalized spacial score (nSPS) is 14.1. The Morgan fingerprint density at radius 2 is 2.06 bits per heavy atom. The van der Waals surface area contributed by atoms with Crippen LogP contribution in [0.1, 0.15) is 32.0 Å². The molecule has 0 spiro atoms. The molecule has 0 saturated carbocycles. The van der Waals surface area contributed by atoms with Gasteiger partial charge in [-0.05, 0) is 32.9 Å². The van der Waals surface area contributed by atoms with E-state index in [0.29, 0.717) is 6.61 Å². The Labute approximate surface area is 113 Å². The number of alkyl halides is 1. The number of benzene rings is 1. The van der Waals surface area contributed by atoms with Crippen molar-refractivity contribution in [3.05, 3.63) is 30.1 Å². The van der Waals surface area contributed by atoms with Gasteiger partial charge < -0.3 is 9.30 Å². The zero-order chi connectivity index (χ0) is 13.3. The third kappa shape index (κ3) is 2.25. The van der Waals surface area contributed by atoms with Crippen molar-refractivity contribution < 1.29 is 4.74 Å². The van der Waals surface area contributed by atoms with Crippen LogP contribution >= 0.6 is 11.6 Å². The molecular formula is C14H19ClN2O. The van der Waals surface area contributed by atoms with Gasteiger partial charge in [0.15, 0.2) is 0 Å². The van der Waals surface area contributed by atoms with E-state index in [9.17, 15) is 0 Å². The van der Waals surface area contributed by atoms with Crippen LogP contribution in [0.4, 0.5) is 0 Å². The Balaban J connectivity index is 2.69. The first-order valence-electron chi connectivity index (χ1n) is 6.08. The van der Waals surface area contributed by atoms with Crippen molar-refractivity contribution in [2.45, 2.75) is 31.7 Å². The number of fused-ring (bicyclic) bond motifs is 1. The van der Waals surface area contributed by atoms with Crippen molar-refractivity contribution in [2.75, 3.05) is 13.7 Å². The van der Waals surface area contributed by atoms with E-state index in [1.54, 1.807) is 7.11 Å². The molecule has 2 rings (SSSR count). The number of hydrogen-bond acceptors (Lipinski definition) is 2. The fourth-order valence-electron chi connectivity index (χ4n) is 2.37. The van der Waals surface area contributed by atoms with E-state index in [-0.39, 0.29) is 10.9 Å². The maximum atomic E-state index is 6.26. The summed E-state index contributed by atoms with van der Waals surface area (Å²) in [5.74, 6) is 0.889. The summed E-state index contributed by atoms with van der Waals surface area (Å²) >= 11 is 6.26. The quantitative estimate of drug-likeness (QED) is 0.789. The standard InChI is InChI=1S/C14H19ClN2O/c1-10(15)13-16-11-7-5-6-8-12(11)17(13)14(2,3)9-18-4/h5-8,10H,9H2,1-4H3. The Morgan fingerprint density at radius 3 is 2.67 bits per heavy atom. The number of para-hydroxylation sites is 2. The van der Waals surface area contributed by atoms with Crippen LogP contribution in [-0.2, 0) is 10.3 Å². The molecule has 98 valence electrons. The minimum Gasteiger partial charge on any atom is -0.382 e. The van der Waals surface area contributed by atoms with Crippen LogP contribution in [0.5, 0.6) is 0 Å². The molecule has 0 fully saturated rings. The largest absolute Gasteiger partial charge is 0.382 e. The van der Waals surface area contributed by atoms with Crippen molar-refractivity contribution >= 4 is 22.6 Å².